The number of thiocarbonyl (C=S) groups is 1. The highest BCUT2D eigenvalue weighted by Gasteiger charge is 2.46. The maximum atomic E-state index is 13.8. The lowest BCUT2D eigenvalue weighted by molar-refractivity contribution is -0.138. The number of anilines is 1. The van der Waals surface area contributed by atoms with Gasteiger partial charge in [-0.25, -0.2) is 9.59 Å². The second-order valence-corrected chi connectivity index (χ2v) is 12.9. The molecule has 0 N–H and O–H groups in total. The molecule has 1 amide bonds. The van der Waals surface area contributed by atoms with Crippen molar-refractivity contribution in [2.45, 2.75) is 71.3 Å². The Bertz CT molecular complexity index is 1180. The van der Waals surface area contributed by atoms with Crippen molar-refractivity contribution in [1.29, 1.82) is 0 Å². The Balaban J connectivity index is 1.75. The summed E-state index contributed by atoms with van der Waals surface area (Å²) in [6.45, 7) is 5.95. The van der Waals surface area contributed by atoms with E-state index >= 15 is 0 Å². The minimum Gasteiger partial charge on any atom is -0.465 e. The number of thioether (sulfide) groups is 2. The number of esters is 2. The third kappa shape index (κ3) is 5.40. The van der Waals surface area contributed by atoms with Gasteiger partial charge < -0.3 is 14.4 Å². The quantitative estimate of drug-likeness (QED) is 0.228. The molecular weight excluding hydrogens is 527 g/mol. The molecule has 0 bridgehead atoms. The minimum atomic E-state index is -0.775. The molecule has 0 unspecified atom stereocenters. The molecule has 1 aromatic carbocycles. The van der Waals surface area contributed by atoms with Gasteiger partial charge in [-0.1, -0.05) is 80.0 Å². The number of ether oxygens (including phenoxy) is 2. The van der Waals surface area contributed by atoms with E-state index in [1.807, 2.05) is 43.9 Å². The first-order valence-corrected chi connectivity index (χ1v) is 14.6. The van der Waals surface area contributed by atoms with Gasteiger partial charge in [0.05, 0.1) is 34.5 Å². The number of fused-ring (bicyclic) bond motifs is 1. The molecule has 0 spiro atoms. The summed E-state index contributed by atoms with van der Waals surface area (Å²) < 4.78 is 10.6. The molecule has 4 rings (SSSR count). The molecular formula is C28H33NO5S3. The van der Waals surface area contributed by atoms with Gasteiger partial charge >= 0.3 is 11.9 Å². The Morgan fingerprint density at radius 3 is 2.19 bits per heavy atom. The fraction of sp³-hybridized carbons (Fsp3) is 0.500. The Labute approximate surface area is 232 Å². The summed E-state index contributed by atoms with van der Waals surface area (Å²) in [6, 6.07) is 5.99. The van der Waals surface area contributed by atoms with Gasteiger partial charge in [0.1, 0.15) is 9.81 Å². The van der Waals surface area contributed by atoms with E-state index in [-0.39, 0.29) is 15.7 Å². The predicted molar refractivity (Wildman–Crippen MR) is 154 cm³/mol. The third-order valence-corrected chi connectivity index (χ3v) is 10.5. The number of rotatable bonds is 5. The molecule has 2 aliphatic heterocycles. The highest BCUT2D eigenvalue weighted by molar-refractivity contribution is 8.29. The zero-order valence-electron chi connectivity index (χ0n) is 22.0. The molecule has 0 radical (unpaired) electrons. The van der Waals surface area contributed by atoms with Gasteiger partial charge in [0.2, 0.25) is 5.91 Å². The Morgan fingerprint density at radius 2 is 1.62 bits per heavy atom. The highest BCUT2D eigenvalue weighted by Crippen LogP contribution is 2.56. The Hall–Kier alpha value is -2.10. The van der Waals surface area contributed by atoms with Crippen LogP contribution >= 0.6 is 35.7 Å². The van der Waals surface area contributed by atoms with E-state index in [0.717, 1.165) is 28.8 Å². The molecule has 1 fully saturated rings. The Morgan fingerprint density at radius 1 is 1.03 bits per heavy atom. The van der Waals surface area contributed by atoms with E-state index in [4.69, 9.17) is 21.7 Å². The van der Waals surface area contributed by atoms with Crippen molar-refractivity contribution in [3.05, 3.63) is 43.4 Å². The van der Waals surface area contributed by atoms with Crippen LogP contribution in [0.4, 0.5) is 5.69 Å². The molecule has 9 heteroatoms. The maximum Gasteiger partial charge on any atom is 0.346 e. The molecule has 6 nitrogen and oxygen atoms in total. The van der Waals surface area contributed by atoms with Crippen LogP contribution in [-0.2, 0) is 23.9 Å². The smallest absolute Gasteiger partial charge is 0.346 e. The number of benzene rings is 1. The number of hydrogen-bond acceptors (Lipinski definition) is 8. The van der Waals surface area contributed by atoms with Gasteiger partial charge in [-0.15, -0.1) is 0 Å². The molecule has 2 heterocycles. The SMILES string of the molecule is COC(=O)C1=C(C(=O)OC)SC(=C2C(=S)C(C)(C)N(C(=O)CCC3CCCCC3)c3cc(C)ccc32)S1. The molecule has 37 heavy (non-hydrogen) atoms. The van der Waals surface area contributed by atoms with Gasteiger partial charge in [-0.3, -0.25) is 4.79 Å². The van der Waals surface area contributed by atoms with E-state index in [9.17, 15) is 14.4 Å². The third-order valence-electron chi connectivity index (χ3n) is 7.29. The number of carbonyl (C=O) groups is 3. The summed E-state index contributed by atoms with van der Waals surface area (Å²) in [5.41, 5.74) is 2.66. The van der Waals surface area contributed by atoms with Crippen LogP contribution < -0.4 is 4.90 Å². The minimum absolute atomic E-state index is 0.0733. The lowest BCUT2D eigenvalue weighted by Crippen LogP contribution is -2.56. The van der Waals surface area contributed by atoms with E-state index in [0.29, 0.717) is 21.4 Å². The van der Waals surface area contributed by atoms with Gasteiger partial charge in [0, 0.05) is 17.6 Å². The van der Waals surface area contributed by atoms with Gasteiger partial charge in [0.25, 0.3) is 0 Å². The van der Waals surface area contributed by atoms with Crippen LogP contribution in [0, 0.1) is 12.8 Å². The Kier molecular flexibility index (Phi) is 8.55. The van der Waals surface area contributed by atoms with E-state index in [1.54, 1.807) is 0 Å². The van der Waals surface area contributed by atoms with Crippen LogP contribution in [-0.4, -0.2) is 42.5 Å². The van der Waals surface area contributed by atoms with Crippen LogP contribution in [0.1, 0.15) is 69.9 Å². The molecule has 0 saturated heterocycles. The summed E-state index contributed by atoms with van der Waals surface area (Å²) >= 11 is 8.39. The predicted octanol–water partition coefficient (Wildman–Crippen LogP) is 6.56. The molecule has 0 aromatic heterocycles. The number of nitrogens with zero attached hydrogens (tertiary/aromatic N) is 1. The van der Waals surface area contributed by atoms with Crippen LogP contribution in [0.5, 0.6) is 0 Å². The van der Waals surface area contributed by atoms with Crippen molar-refractivity contribution in [3.8, 4) is 0 Å². The van der Waals surface area contributed by atoms with E-state index < -0.39 is 17.5 Å². The molecule has 1 aromatic rings. The standard InChI is InChI=1S/C28H33NO5S3/c1-16-11-13-18-19(15-16)29(20(30)14-12-17-9-7-6-8-10-17)28(2,3)24(35)21(18)27-36-22(25(31)33-4)23(37-27)26(32)34-5/h11,13,15,17H,6-10,12,14H2,1-5H3. The van der Waals surface area contributed by atoms with Crippen molar-refractivity contribution in [3.63, 3.8) is 0 Å². The molecule has 3 aliphatic rings. The summed E-state index contributed by atoms with van der Waals surface area (Å²) in [4.78, 5) is 41.6. The first-order chi connectivity index (χ1) is 17.6. The highest BCUT2D eigenvalue weighted by atomic mass is 32.2. The molecule has 1 saturated carbocycles. The average molecular weight is 560 g/mol. The van der Waals surface area contributed by atoms with Gasteiger partial charge in [0.15, 0.2) is 0 Å². The van der Waals surface area contributed by atoms with Gasteiger partial charge in [-0.05, 0) is 44.7 Å². The summed E-state index contributed by atoms with van der Waals surface area (Å²) in [5, 5.41) is 0. The number of carbonyl (C=O) groups excluding carboxylic acids is 3. The first kappa shape index (κ1) is 27.9. The van der Waals surface area contributed by atoms with Crippen molar-refractivity contribution in [2.24, 2.45) is 5.92 Å². The molecule has 198 valence electrons. The zero-order valence-corrected chi connectivity index (χ0v) is 24.4. The average Bonchev–Trinajstić information content (AvgIpc) is 3.33. The lowest BCUT2D eigenvalue weighted by atomic mass is 9.82. The van der Waals surface area contributed by atoms with Crippen molar-refractivity contribution >= 4 is 69.7 Å². The van der Waals surface area contributed by atoms with Crippen molar-refractivity contribution in [2.75, 3.05) is 19.1 Å². The van der Waals surface area contributed by atoms with Crippen LogP contribution in [0.25, 0.3) is 5.57 Å². The summed E-state index contributed by atoms with van der Waals surface area (Å²) in [7, 11) is 2.56. The van der Waals surface area contributed by atoms with E-state index in [2.05, 4.69) is 0 Å². The number of hydrogen-bond donors (Lipinski definition) is 0. The molecule has 0 atom stereocenters. The normalized spacial score (nSPS) is 19.7. The van der Waals surface area contributed by atoms with Crippen LogP contribution in [0.3, 0.4) is 0 Å². The maximum absolute atomic E-state index is 13.8. The fourth-order valence-electron chi connectivity index (χ4n) is 5.29. The zero-order chi connectivity index (χ0) is 26.9. The monoisotopic (exact) mass is 559 g/mol. The number of amides is 1. The largest absolute Gasteiger partial charge is 0.465 e. The second kappa shape index (κ2) is 11.3. The van der Waals surface area contributed by atoms with Crippen molar-refractivity contribution in [1.82, 2.24) is 0 Å². The molecule has 1 aliphatic carbocycles. The van der Waals surface area contributed by atoms with Crippen LogP contribution in [0.15, 0.2) is 32.2 Å². The number of methoxy groups -OCH3 is 2. The fourth-order valence-corrected chi connectivity index (χ4v) is 8.32. The van der Waals surface area contributed by atoms with Gasteiger partial charge in [-0.2, -0.15) is 0 Å². The number of aryl methyl sites for hydroxylation is 1. The topological polar surface area (TPSA) is 72.9 Å². The summed E-state index contributed by atoms with van der Waals surface area (Å²) in [6.07, 6.45) is 7.58. The second-order valence-electron chi connectivity index (χ2n) is 10.2. The summed E-state index contributed by atoms with van der Waals surface area (Å²) in [5.74, 6) is -0.515. The lowest BCUT2D eigenvalue weighted by Gasteiger charge is -2.45. The van der Waals surface area contributed by atoms with Crippen LogP contribution in [0.2, 0.25) is 0 Å². The van der Waals surface area contributed by atoms with E-state index in [1.165, 1.54) is 69.8 Å². The van der Waals surface area contributed by atoms with Crippen molar-refractivity contribution < 1.29 is 23.9 Å². The first-order valence-electron chi connectivity index (χ1n) is 12.6.